The van der Waals surface area contributed by atoms with Gasteiger partial charge in [-0.05, 0) is 96.7 Å². The molecule has 6 nitrogen and oxygen atoms in total. The van der Waals surface area contributed by atoms with Crippen LogP contribution in [0.3, 0.4) is 0 Å². The van der Waals surface area contributed by atoms with Crippen LogP contribution in [0.4, 0.5) is 0 Å². The van der Waals surface area contributed by atoms with Crippen molar-refractivity contribution in [1.82, 2.24) is 14.1 Å². The minimum atomic E-state index is -1.72. The van der Waals surface area contributed by atoms with Gasteiger partial charge < -0.3 is 18.3 Å². The minimum Gasteiger partial charge on any atom is -0.509 e. The summed E-state index contributed by atoms with van der Waals surface area (Å²) in [6, 6.07) is 36.3. The van der Waals surface area contributed by atoms with E-state index in [1.807, 2.05) is 86.0 Å². The number of fused-ring (bicyclic) bond motifs is 8. The van der Waals surface area contributed by atoms with Crippen molar-refractivity contribution in [1.29, 1.82) is 0 Å². The summed E-state index contributed by atoms with van der Waals surface area (Å²) in [6.07, 6.45) is 3.49. The second-order valence-corrected chi connectivity index (χ2v) is 19.0. The fourth-order valence-corrected chi connectivity index (χ4v) is 9.19. The second kappa shape index (κ2) is 17.5. The maximum Gasteiger partial charge on any atom is 0.268 e. The molecule has 0 aliphatic carbocycles. The number of rotatable bonds is 8. The molecule has 346 valence electrons. The van der Waals surface area contributed by atoms with Gasteiger partial charge in [0, 0.05) is 52.6 Å². The molecular formula is C63H50N4O2Pt-2. The van der Waals surface area contributed by atoms with Gasteiger partial charge in [-0.15, -0.1) is 18.2 Å². The zero-order valence-electron chi connectivity index (χ0n) is 51.0. The summed E-state index contributed by atoms with van der Waals surface area (Å²) in [6.45, 7) is 12.1. The first-order valence-electron chi connectivity index (χ1n) is 28.6. The van der Waals surface area contributed by atoms with Gasteiger partial charge in [-0.25, -0.2) is 4.98 Å². The minimum absolute atomic E-state index is 0. The molecule has 0 spiro atoms. The Balaban J connectivity index is 0.00000705. The Morgan fingerprint density at radius 2 is 1.40 bits per heavy atom. The molecule has 0 radical (unpaired) electrons. The van der Waals surface area contributed by atoms with Crippen molar-refractivity contribution in [2.24, 2.45) is 5.41 Å². The van der Waals surface area contributed by atoms with Crippen molar-refractivity contribution in [3.63, 3.8) is 0 Å². The van der Waals surface area contributed by atoms with Crippen LogP contribution in [0.5, 0.6) is 11.5 Å². The van der Waals surface area contributed by atoms with Gasteiger partial charge in [-0.2, -0.15) is 12.1 Å². The maximum absolute atomic E-state index is 9.33. The number of hydrogen-bond donors (Lipinski definition) is 0. The van der Waals surface area contributed by atoms with Gasteiger partial charge in [0.05, 0.1) is 30.4 Å². The van der Waals surface area contributed by atoms with E-state index in [4.69, 9.17) is 27.8 Å². The first-order chi connectivity index (χ1) is 38.4. The smallest absolute Gasteiger partial charge is 0.268 e. The van der Waals surface area contributed by atoms with E-state index in [0.29, 0.717) is 61.3 Å². The number of aromatic nitrogens is 4. The van der Waals surface area contributed by atoms with Crippen LogP contribution in [0.2, 0.25) is 0 Å². The van der Waals surface area contributed by atoms with Crippen molar-refractivity contribution in [2.75, 3.05) is 0 Å². The number of pyridine rings is 1. The molecule has 4 heterocycles. The molecule has 4 aromatic heterocycles. The Morgan fingerprint density at radius 3 is 2.13 bits per heavy atom. The van der Waals surface area contributed by atoms with Gasteiger partial charge >= 0.3 is 0 Å². The average molecular weight is 1100 g/mol. The summed E-state index contributed by atoms with van der Waals surface area (Å²) in [4.78, 5) is 4.92. The van der Waals surface area contributed by atoms with Gasteiger partial charge in [0.15, 0.2) is 0 Å². The molecule has 70 heavy (non-hydrogen) atoms. The molecule has 0 bridgehead atoms. The molecule has 0 saturated heterocycles. The first-order valence-corrected chi connectivity index (χ1v) is 22.6. The molecule has 0 saturated carbocycles. The van der Waals surface area contributed by atoms with Crippen LogP contribution >= 0.6 is 0 Å². The first kappa shape index (κ1) is 33.1. The largest absolute Gasteiger partial charge is 0.509 e. The fourth-order valence-electron chi connectivity index (χ4n) is 9.19. The molecule has 0 amide bonds. The van der Waals surface area contributed by atoms with E-state index >= 15 is 0 Å². The van der Waals surface area contributed by atoms with Crippen LogP contribution in [0.25, 0.3) is 94.2 Å². The summed E-state index contributed by atoms with van der Waals surface area (Å²) in [5.74, 6) is 1.19. The van der Waals surface area contributed by atoms with Crippen LogP contribution in [-0.2, 0) is 32.9 Å². The third-order valence-corrected chi connectivity index (χ3v) is 12.2. The van der Waals surface area contributed by atoms with E-state index in [-0.39, 0.29) is 60.2 Å². The number of ether oxygens (including phenoxy) is 1. The van der Waals surface area contributed by atoms with Crippen LogP contribution in [-0.4, -0.2) is 14.1 Å². The standard InChI is InChI=1S/C63H50N4O2.Pt/c1-62(2,3)39-41-31-32-51-50(35-41)58-54(67(51)57-36-44(33-34-64-57)63(4,5)6)38-56(59-49-25-13-16-30-55(49)69-61(58)59)68-46-24-17-23-45(37-46)65-40-66(53-29-15-14-28-52(53)65)60-47(42-19-9-7-10-20-42)26-18-27-48(60)43-21-11-8-12-22-43;/h7-36H,39H2,1-6H3;/q-2;/i7D,8D,9D,10D,11D,12D,19D,20D,21D,22D,39D2;. The predicted molar refractivity (Wildman–Crippen MR) is 280 cm³/mol. The monoisotopic (exact) mass is 1100 g/mol. The maximum atomic E-state index is 9.33. The molecule has 12 rings (SSSR count). The van der Waals surface area contributed by atoms with E-state index in [9.17, 15) is 2.74 Å². The third-order valence-electron chi connectivity index (χ3n) is 12.2. The normalized spacial score (nSPS) is 14.7. The molecule has 0 fully saturated rings. The summed E-state index contributed by atoms with van der Waals surface area (Å²) in [7, 11) is 0. The third kappa shape index (κ3) is 7.91. The van der Waals surface area contributed by atoms with Crippen molar-refractivity contribution in [2.45, 2.75) is 53.3 Å². The van der Waals surface area contributed by atoms with Gasteiger partial charge in [0.2, 0.25) is 0 Å². The Morgan fingerprint density at radius 1 is 0.700 bits per heavy atom. The summed E-state index contributed by atoms with van der Waals surface area (Å²) < 4.78 is 126. The zero-order valence-corrected chi connectivity index (χ0v) is 41.2. The predicted octanol–water partition coefficient (Wildman–Crippen LogP) is 15.7. The van der Waals surface area contributed by atoms with Crippen molar-refractivity contribution in [3.8, 4) is 50.9 Å². The molecular weight excluding hydrogens is 1040 g/mol. The number of hydrogen-bond acceptors (Lipinski definition) is 3. The number of imidazole rings is 1. The molecule has 8 aromatic carbocycles. The number of nitrogens with zero attached hydrogens (tertiary/aromatic N) is 4. The van der Waals surface area contributed by atoms with Crippen LogP contribution in [0.15, 0.2) is 186 Å². The van der Waals surface area contributed by atoms with E-state index in [1.165, 1.54) is 0 Å². The van der Waals surface area contributed by atoms with Gasteiger partial charge in [-0.3, -0.25) is 4.57 Å². The topological polar surface area (TPSA) is 49.0 Å². The number of benzene rings is 8. The SMILES string of the molecule is [2H]c1c([2H])c([2H])c(-c2cccc(-c3c([2H])c([2H])c([2H])c([2H])c3[2H])c2-[n+]2[c-]n(-c3[c-]c(Oc4[c-]c5c(c6cc(C([2H])([2H])C(C)(C)C)ccc6n5-c5cc(C(C)(C)C)ccn5)c5oc6ccccc6c45)ccc3)c3ccccc32)c([2H])c1[2H].[Pt]. The molecule has 0 unspecified atom stereocenters. The molecule has 0 N–H and O–H groups in total. The van der Waals surface area contributed by atoms with Gasteiger partial charge in [-0.1, -0.05) is 186 Å². The van der Waals surface area contributed by atoms with Gasteiger partial charge in [0.25, 0.3) is 6.33 Å². The Kier molecular flexibility index (Phi) is 8.25. The van der Waals surface area contributed by atoms with E-state index in [1.54, 1.807) is 63.9 Å². The van der Waals surface area contributed by atoms with Crippen LogP contribution < -0.4 is 9.30 Å². The van der Waals surface area contributed by atoms with E-state index < -0.39 is 72.2 Å². The quantitative estimate of drug-likeness (QED) is 0.113. The fraction of sp³-hybridized carbons (Fsp3) is 0.143. The Bertz CT molecular complexity index is 4500. The average Bonchev–Trinajstić information content (AvgIpc) is 1.98. The summed E-state index contributed by atoms with van der Waals surface area (Å²) >= 11 is 0. The molecule has 0 aliphatic heterocycles. The zero-order chi connectivity index (χ0) is 57.5. The number of para-hydroxylation sites is 4. The Labute approximate surface area is 439 Å². The molecule has 12 aromatic rings. The second-order valence-electron chi connectivity index (χ2n) is 19.0. The van der Waals surface area contributed by atoms with E-state index in [0.717, 1.165) is 21.9 Å². The summed E-state index contributed by atoms with van der Waals surface area (Å²) in [5.41, 5.74) is 4.54. The van der Waals surface area contributed by atoms with Gasteiger partial charge in [0.1, 0.15) is 11.4 Å². The van der Waals surface area contributed by atoms with Crippen LogP contribution in [0, 0.1) is 23.9 Å². The van der Waals surface area contributed by atoms with Crippen LogP contribution in [0.1, 0.15) is 69.1 Å². The summed E-state index contributed by atoms with van der Waals surface area (Å²) in [5, 5.41) is 2.81. The van der Waals surface area contributed by atoms with Crippen molar-refractivity contribution < 1.29 is 51.2 Å². The molecule has 0 atom stereocenters. The Hall–Kier alpha value is -7.53. The number of furan rings is 1. The molecule has 0 aliphatic rings. The van der Waals surface area contributed by atoms with E-state index in [2.05, 4.69) is 45.3 Å². The van der Waals surface area contributed by atoms with Crippen molar-refractivity contribution >= 4 is 54.8 Å². The molecule has 7 heteroatoms. The van der Waals surface area contributed by atoms with Crippen molar-refractivity contribution in [3.05, 3.63) is 211 Å².